The molecule has 0 unspecified atom stereocenters. The summed E-state index contributed by atoms with van der Waals surface area (Å²) in [5.74, 6) is -8.51. The van der Waals surface area contributed by atoms with Gasteiger partial charge in [-0.05, 0) is 12.1 Å². The highest BCUT2D eigenvalue weighted by atomic mass is 35.5. The number of rotatable bonds is 8. The van der Waals surface area contributed by atoms with Gasteiger partial charge in [0.1, 0.15) is 34.4 Å². The van der Waals surface area contributed by atoms with Crippen molar-refractivity contribution >= 4 is 66.4 Å². The van der Waals surface area contributed by atoms with E-state index in [0.29, 0.717) is 24.3 Å². The van der Waals surface area contributed by atoms with E-state index in [9.17, 15) is 52.8 Å². The van der Waals surface area contributed by atoms with E-state index in [1.54, 1.807) is 0 Å². The number of amides is 2. The molecule has 0 saturated carbocycles. The molecule has 234 valence electrons. The van der Waals surface area contributed by atoms with Crippen molar-refractivity contribution in [2.75, 3.05) is 37.0 Å². The molecule has 0 spiro atoms. The standard InChI is InChI=1S/C20H16Cl2F6N2O10S2/c1-37-13-7-15(39-3)11(5-9(13)21)29(41(33,34)19(23,24)25)17(31)18(32)30(42(35,36)20(26,27)28)12-6-10(22)14(38-2)8-16(12)40-4/h5-8H,1-4H3. The molecule has 0 aromatic heterocycles. The van der Waals surface area contributed by atoms with Crippen LogP contribution in [0.5, 0.6) is 23.0 Å². The molecule has 0 N–H and O–H groups in total. The number of hydrogen-bond donors (Lipinski definition) is 0. The molecular formula is C20H16Cl2F6N2O10S2. The zero-order valence-corrected chi connectivity index (χ0v) is 24.3. The summed E-state index contributed by atoms with van der Waals surface area (Å²) >= 11 is 11.7. The molecule has 2 aromatic rings. The Morgan fingerprint density at radius 3 is 1.07 bits per heavy atom. The van der Waals surface area contributed by atoms with Gasteiger partial charge in [-0.15, -0.1) is 0 Å². The van der Waals surface area contributed by atoms with Gasteiger partial charge < -0.3 is 18.9 Å². The zero-order chi connectivity index (χ0) is 32.6. The van der Waals surface area contributed by atoms with Crippen LogP contribution in [0, 0.1) is 0 Å². The van der Waals surface area contributed by atoms with Crippen molar-refractivity contribution < 1.29 is 71.7 Å². The molecule has 22 heteroatoms. The number of sulfonamides is 2. The molecule has 0 atom stereocenters. The average molecular weight is 693 g/mol. The monoisotopic (exact) mass is 692 g/mol. The normalized spacial score (nSPS) is 12.4. The van der Waals surface area contributed by atoms with Crippen LogP contribution < -0.4 is 27.6 Å². The van der Waals surface area contributed by atoms with Gasteiger partial charge in [0, 0.05) is 12.1 Å². The smallest absolute Gasteiger partial charge is 0.495 e. The summed E-state index contributed by atoms with van der Waals surface area (Å²) in [6.07, 6.45) is 0. The maximum atomic E-state index is 13.7. The molecule has 12 nitrogen and oxygen atoms in total. The Labute approximate surface area is 243 Å². The van der Waals surface area contributed by atoms with E-state index in [4.69, 9.17) is 42.1 Å². The van der Waals surface area contributed by atoms with Crippen LogP contribution in [0.4, 0.5) is 37.7 Å². The molecule has 0 aliphatic rings. The molecule has 2 amide bonds. The number of carbonyl (C=O) groups excluding carboxylic acids is 2. The van der Waals surface area contributed by atoms with Crippen LogP contribution in [0.1, 0.15) is 0 Å². The van der Waals surface area contributed by atoms with E-state index < -0.39 is 84.4 Å². The topological polar surface area (TPSA) is 146 Å². The Bertz CT molecular complexity index is 1500. The van der Waals surface area contributed by atoms with Gasteiger partial charge in [-0.1, -0.05) is 23.2 Å². The van der Waals surface area contributed by atoms with E-state index in [1.807, 2.05) is 0 Å². The number of nitrogens with zero attached hydrogens (tertiary/aromatic N) is 2. The third-order valence-corrected chi connectivity index (χ3v) is 8.41. The second kappa shape index (κ2) is 12.1. The fourth-order valence-electron chi connectivity index (χ4n) is 3.08. The van der Waals surface area contributed by atoms with E-state index >= 15 is 0 Å². The highest BCUT2D eigenvalue weighted by molar-refractivity contribution is 7.95. The summed E-state index contributed by atoms with van der Waals surface area (Å²) < 4.78 is 149. The van der Waals surface area contributed by atoms with E-state index in [0.717, 1.165) is 28.4 Å². The second-order valence-corrected chi connectivity index (χ2v) is 11.7. The largest absolute Gasteiger partial charge is 0.517 e. The van der Waals surface area contributed by atoms with Gasteiger partial charge in [0.25, 0.3) is 0 Å². The maximum absolute atomic E-state index is 13.7. The Morgan fingerprint density at radius 1 is 0.595 bits per heavy atom. The van der Waals surface area contributed by atoms with Gasteiger partial charge >= 0.3 is 42.9 Å². The van der Waals surface area contributed by atoms with Crippen LogP contribution in [0.25, 0.3) is 0 Å². The number of methoxy groups -OCH3 is 4. The lowest BCUT2D eigenvalue weighted by Crippen LogP contribution is -2.55. The van der Waals surface area contributed by atoms with E-state index in [1.165, 1.54) is 0 Å². The lowest BCUT2D eigenvalue weighted by molar-refractivity contribution is -0.135. The molecule has 0 bridgehead atoms. The lowest BCUT2D eigenvalue weighted by atomic mass is 10.2. The van der Waals surface area contributed by atoms with Gasteiger partial charge in [0.05, 0.1) is 38.5 Å². The summed E-state index contributed by atoms with van der Waals surface area (Å²) in [4.78, 5) is 26.5. The fraction of sp³-hybridized carbons (Fsp3) is 0.300. The Kier molecular flexibility index (Phi) is 10.0. The molecule has 0 saturated heterocycles. The minimum atomic E-state index is -7.03. The summed E-state index contributed by atoms with van der Waals surface area (Å²) in [7, 11) is -10.5. The van der Waals surface area contributed by atoms with Crippen molar-refractivity contribution in [3.8, 4) is 23.0 Å². The van der Waals surface area contributed by atoms with Crippen molar-refractivity contribution in [3.05, 3.63) is 34.3 Å². The molecule has 0 heterocycles. The fourth-order valence-corrected chi connectivity index (χ4v) is 5.36. The first-order valence-corrected chi connectivity index (χ1v) is 13.9. The van der Waals surface area contributed by atoms with Gasteiger partial charge in [-0.3, -0.25) is 9.59 Å². The molecule has 2 aromatic carbocycles. The summed E-state index contributed by atoms with van der Waals surface area (Å²) in [6, 6.07) is 2.01. The molecule has 42 heavy (non-hydrogen) atoms. The molecule has 0 fully saturated rings. The quantitative estimate of drug-likeness (QED) is 0.293. The van der Waals surface area contributed by atoms with Crippen molar-refractivity contribution in [2.24, 2.45) is 0 Å². The number of alkyl halides is 6. The predicted octanol–water partition coefficient (Wildman–Crippen LogP) is 4.09. The lowest BCUT2D eigenvalue weighted by Gasteiger charge is -2.29. The zero-order valence-electron chi connectivity index (χ0n) is 21.1. The third-order valence-electron chi connectivity index (χ3n) is 4.96. The number of carbonyl (C=O) groups is 2. The number of hydrogen-bond acceptors (Lipinski definition) is 10. The average Bonchev–Trinajstić information content (AvgIpc) is 2.87. The van der Waals surface area contributed by atoms with Crippen LogP contribution >= 0.6 is 23.2 Å². The first-order chi connectivity index (χ1) is 19.1. The van der Waals surface area contributed by atoms with Crippen molar-refractivity contribution in [1.29, 1.82) is 0 Å². The second-order valence-electron chi connectivity index (χ2n) is 7.36. The van der Waals surface area contributed by atoms with Crippen LogP contribution in [0.2, 0.25) is 10.0 Å². The Balaban J connectivity index is 3.04. The maximum Gasteiger partial charge on any atom is 0.517 e. The Hall–Kier alpha value is -3.36. The summed E-state index contributed by atoms with van der Waals surface area (Å²) in [5, 5.41) is -1.33. The van der Waals surface area contributed by atoms with Gasteiger partial charge in [0.2, 0.25) is 0 Å². The highest BCUT2D eigenvalue weighted by Gasteiger charge is 2.59. The van der Waals surface area contributed by atoms with Crippen LogP contribution in [-0.2, 0) is 29.6 Å². The third kappa shape index (κ3) is 6.20. The van der Waals surface area contributed by atoms with Gasteiger partial charge in [0.15, 0.2) is 0 Å². The summed E-state index contributed by atoms with van der Waals surface area (Å²) in [6.45, 7) is 0. The minimum Gasteiger partial charge on any atom is -0.495 e. The predicted molar refractivity (Wildman–Crippen MR) is 134 cm³/mol. The van der Waals surface area contributed by atoms with Crippen LogP contribution in [0.3, 0.4) is 0 Å². The highest BCUT2D eigenvalue weighted by Crippen LogP contribution is 2.44. The van der Waals surface area contributed by atoms with Gasteiger partial charge in [-0.25, -0.2) is 0 Å². The molecular weight excluding hydrogens is 677 g/mol. The summed E-state index contributed by atoms with van der Waals surface area (Å²) in [5.41, 5.74) is -15.7. The molecule has 2 rings (SSSR count). The Morgan fingerprint density at radius 2 is 0.857 bits per heavy atom. The van der Waals surface area contributed by atoms with Crippen molar-refractivity contribution in [2.45, 2.75) is 11.0 Å². The van der Waals surface area contributed by atoms with E-state index in [-0.39, 0.29) is 11.5 Å². The molecule has 0 radical (unpaired) electrons. The first kappa shape index (κ1) is 34.8. The molecule has 0 aliphatic heterocycles. The van der Waals surface area contributed by atoms with E-state index in [2.05, 4.69) is 0 Å². The van der Waals surface area contributed by atoms with Crippen LogP contribution in [-0.4, -0.2) is 68.1 Å². The van der Waals surface area contributed by atoms with Gasteiger partial charge in [-0.2, -0.15) is 51.8 Å². The number of benzene rings is 2. The number of ether oxygens (including phenoxy) is 4. The first-order valence-electron chi connectivity index (χ1n) is 10.3. The SMILES string of the molecule is COc1cc(OC)c(N(C(=O)C(=O)N(c2cc(Cl)c(OC)cc2OC)S(=O)(=O)C(F)(F)F)S(=O)(=O)C(F)(F)F)cc1Cl. The van der Waals surface area contributed by atoms with Crippen molar-refractivity contribution in [1.82, 2.24) is 0 Å². The number of anilines is 2. The molecule has 0 aliphatic carbocycles. The van der Waals surface area contributed by atoms with Crippen molar-refractivity contribution in [3.63, 3.8) is 0 Å². The van der Waals surface area contributed by atoms with Crippen LogP contribution in [0.15, 0.2) is 24.3 Å². The number of halogens is 8. The minimum absolute atomic E-state index is 0.334.